The second-order valence-corrected chi connectivity index (χ2v) is 8.55. The van der Waals surface area contributed by atoms with E-state index in [1.165, 1.54) is 11.3 Å². The van der Waals surface area contributed by atoms with Gasteiger partial charge >= 0.3 is 5.97 Å². The van der Waals surface area contributed by atoms with Crippen LogP contribution in [0.2, 0.25) is 0 Å². The van der Waals surface area contributed by atoms with Gasteiger partial charge in [0.1, 0.15) is 10.7 Å². The van der Waals surface area contributed by atoms with Crippen molar-refractivity contribution in [2.75, 3.05) is 0 Å². The first-order valence-electron chi connectivity index (χ1n) is 9.52. The average Bonchev–Trinajstić information content (AvgIpc) is 3.13. The number of nitrogens with zero attached hydrogens (tertiary/aromatic N) is 2. The van der Waals surface area contributed by atoms with Crippen LogP contribution in [0.25, 0.3) is 10.2 Å². The Balaban J connectivity index is 1.64. The summed E-state index contributed by atoms with van der Waals surface area (Å²) in [6, 6.07) is -0.131. The number of aromatic nitrogens is 2. The van der Waals surface area contributed by atoms with Crippen molar-refractivity contribution in [3.63, 3.8) is 0 Å². The Morgan fingerprint density at radius 2 is 2.07 bits per heavy atom. The number of carbonyl (C=O) groups excluding carboxylic acids is 1. The number of carboxylic acid groups (broad SMARTS) is 1. The Morgan fingerprint density at radius 3 is 2.81 bits per heavy atom. The number of aryl methyl sites for hydroxylation is 2. The predicted octanol–water partition coefficient (Wildman–Crippen LogP) is 2.48. The van der Waals surface area contributed by atoms with Gasteiger partial charge in [0.25, 0.3) is 11.5 Å². The van der Waals surface area contributed by atoms with E-state index in [2.05, 4.69) is 5.32 Å². The summed E-state index contributed by atoms with van der Waals surface area (Å²) in [5, 5.41) is 12.6. The van der Waals surface area contributed by atoms with Crippen molar-refractivity contribution in [1.82, 2.24) is 14.9 Å². The van der Waals surface area contributed by atoms with Crippen LogP contribution in [0.4, 0.5) is 0 Å². The number of aliphatic carboxylic acids is 1. The lowest BCUT2D eigenvalue weighted by Crippen LogP contribution is -2.33. The normalized spacial score (nSPS) is 22.4. The Morgan fingerprint density at radius 1 is 1.26 bits per heavy atom. The molecule has 2 aromatic heterocycles. The Kier molecular flexibility index (Phi) is 4.75. The van der Waals surface area contributed by atoms with Crippen LogP contribution in [0.3, 0.4) is 0 Å². The van der Waals surface area contributed by atoms with Gasteiger partial charge in [0.05, 0.1) is 16.2 Å². The van der Waals surface area contributed by atoms with Crippen LogP contribution in [-0.2, 0) is 17.8 Å². The van der Waals surface area contributed by atoms with Gasteiger partial charge in [-0.05, 0) is 44.6 Å². The lowest BCUT2D eigenvalue weighted by molar-refractivity contribution is -0.141. The van der Waals surface area contributed by atoms with Gasteiger partial charge in [0.15, 0.2) is 0 Å². The monoisotopic (exact) mass is 389 g/mol. The fourth-order valence-electron chi connectivity index (χ4n) is 4.21. The molecule has 1 fully saturated rings. The third-order valence-corrected chi connectivity index (χ3v) is 6.92. The Bertz CT molecular complexity index is 977. The number of thiophene rings is 1. The van der Waals surface area contributed by atoms with Crippen LogP contribution in [-0.4, -0.2) is 32.6 Å². The van der Waals surface area contributed by atoms with E-state index in [9.17, 15) is 14.4 Å². The maximum absolute atomic E-state index is 13.0. The van der Waals surface area contributed by atoms with Crippen molar-refractivity contribution in [3.8, 4) is 0 Å². The van der Waals surface area contributed by atoms with Crippen LogP contribution in [0, 0.1) is 12.8 Å². The van der Waals surface area contributed by atoms with E-state index >= 15 is 0 Å². The number of hydrogen-bond donors (Lipinski definition) is 2. The smallest absolute Gasteiger partial charge is 0.306 e. The molecule has 0 bridgehead atoms. The molecule has 2 atom stereocenters. The highest BCUT2D eigenvalue weighted by molar-refractivity contribution is 7.20. The predicted molar refractivity (Wildman–Crippen MR) is 102 cm³/mol. The summed E-state index contributed by atoms with van der Waals surface area (Å²) in [6.45, 7) is 2.49. The lowest BCUT2D eigenvalue weighted by atomic mass is 10.1. The zero-order chi connectivity index (χ0) is 19.1. The molecule has 1 amide bonds. The lowest BCUT2D eigenvalue weighted by Gasteiger charge is -2.11. The molecule has 1 aliphatic carbocycles. The highest BCUT2D eigenvalue weighted by atomic mass is 32.1. The minimum absolute atomic E-state index is 0.0449. The molecular weight excluding hydrogens is 366 g/mol. The molecule has 0 saturated heterocycles. The van der Waals surface area contributed by atoms with Gasteiger partial charge in [0.2, 0.25) is 0 Å². The number of carbonyl (C=O) groups is 2. The van der Waals surface area contributed by atoms with Gasteiger partial charge in [-0.15, -0.1) is 11.3 Å². The molecule has 0 radical (unpaired) electrons. The van der Waals surface area contributed by atoms with Crippen molar-refractivity contribution < 1.29 is 14.7 Å². The van der Waals surface area contributed by atoms with Crippen molar-refractivity contribution in [2.45, 2.75) is 64.5 Å². The molecule has 144 valence electrons. The second kappa shape index (κ2) is 7.07. The summed E-state index contributed by atoms with van der Waals surface area (Å²) in [6.07, 6.45) is 5.61. The molecule has 2 N–H and O–H groups in total. The number of rotatable bonds is 3. The SMILES string of the molecule is Cc1c(C(=O)N[C@H]2CC[C@@H](C(=O)O)C2)sc2nc3n(c(=O)c12)CCCCC3. The van der Waals surface area contributed by atoms with Gasteiger partial charge in [-0.25, -0.2) is 4.98 Å². The van der Waals surface area contributed by atoms with Crippen LogP contribution in [0.1, 0.15) is 59.6 Å². The van der Waals surface area contributed by atoms with Crippen molar-refractivity contribution in [3.05, 3.63) is 26.6 Å². The zero-order valence-electron chi connectivity index (χ0n) is 15.3. The fraction of sp³-hybridized carbons (Fsp3) is 0.579. The molecule has 3 heterocycles. The molecule has 0 aromatic carbocycles. The minimum atomic E-state index is -0.802. The molecule has 1 aliphatic heterocycles. The van der Waals surface area contributed by atoms with Crippen LogP contribution in [0.5, 0.6) is 0 Å². The van der Waals surface area contributed by atoms with Gasteiger partial charge < -0.3 is 10.4 Å². The molecule has 2 aromatic rings. The molecular formula is C19H23N3O4S. The van der Waals surface area contributed by atoms with E-state index in [0.717, 1.165) is 31.5 Å². The average molecular weight is 389 g/mol. The van der Waals surface area contributed by atoms with E-state index < -0.39 is 5.97 Å². The van der Waals surface area contributed by atoms with E-state index in [-0.39, 0.29) is 23.4 Å². The first-order valence-corrected chi connectivity index (χ1v) is 10.3. The van der Waals surface area contributed by atoms with E-state index in [0.29, 0.717) is 46.5 Å². The molecule has 27 heavy (non-hydrogen) atoms. The second-order valence-electron chi connectivity index (χ2n) is 7.55. The highest BCUT2D eigenvalue weighted by Gasteiger charge is 2.31. The zero-order valence-corrected chi connectivity index (χ0v) is 16.1. The highest BCUT2D eigenvalue weighted by Crippen LogP contribution is 2.30. The summed E-state index contributed by atoms with van der Waals surface area (Å²) in [7, 11) is 0. The molecule has 7 nitrogen and oxygen atoms in total. The van der Waals surface area contributed by atoms with Crippen LogP contribution in [0.15, 0.2) is 4.79 Å². The Hall–Kier alpha value is -2.22. The first-order chi connectivity index (χ1) is 13.0. The molecule has 0 unspecified atom stereocenters. The number of hydrogen-bond acceptors (Lipinski definition) is 5. The topological polar surface area (TPSA) is 101 Å². The largest absolute Gasteiger partial charge is 0.481 e. The van der Waals surface area contributed by atoms with Crippen LogP contribution < -0.4 is 10.9 Å². The van der Waals surface area contributed by atoms with Crippen molar-refractivity contribution >= 4 is 33.4 Å². The number of carboxylic acids is 1. The number of amides is 1. The van der Waals surface area contributed by atoms with Gasteiger partial charge in [-0.1, -0.05) is 6.42 Å². The molecule has 4 rings (SSSR count). The van der Waals surface area contributed by atoms with Crippen molar-refractivity contribution in [1.29, 1.82) is 0 Å². The van der Waals surface area contributed by atoms with E-state index in [1.54, 1.807) is 11.5 Å². The van der Waals surface area contributed by atoms with E-state index in [1.807, 2.05) is 0 Å². The first kappa shape index (κ1) is 18.2. The van der Waals surface area contributed by atoms with Crippen LogP contribution >= 0.6 is 11.3 Å². The third kappa shape index (κ3) is 3.26. The Labute approximate surface area is 160 Å². The number of nitrogens with one attached hydrogen (secondary N) is 1. The standard InChI is InChI=1S/C19H23N3O4S/c1-10-14-17(21-13-5-3-2-4-8-22(13)18(14)24)27-15(10)16(23)20-12-7-6-11(9-12)19(25)26/h11-12H,2-9H2,1H3,(H,20,23)(H,25,26)/t11-,12+/m1/s1. The van der Waals surface area contributed by atoms with Gasteiger partial charge in [-0.3, -0.25) is 19.0 Å². The third-order valence-electron chi connectivity index (χ3n) is 5.73. The summed E-state index contributed by atoms with van der Waals surface area (Å²) in [4.78, 5) is 42.7. The summed E-state index contributed by atoms with van der Waals surface area (Å²) in [5.41, 5.74) is 0.633. The van der Waals surface area contributed by atoms with E-state index in [4.69, 9.17) is 10.1 Å². The number of fused-ring (bicyclic) bond motifs is 2. The molecule has 1 saturated carbocycles. The molecule has 2 aliphatic rings. The van der Waals surface area contributed by atoms with Gasteiger partial charge in [0, 0.05) is 19.0 Å². The summed E-state index contributed by atoms with van der Waals surface area (Å²) < 4.78 is 1.77. The maximum atomic E-state index is 13.0. The summed E-state index contributed by atoms with van der Waals surface area (Å²) in [5.74, 6) is -0.603. The maximum Gasteiger partial charge on any atom is 0.306 e. The fourth-order valence-corrected chi connectivity index (χ4v) is 5.31. The quantitative estimate of drug-likeness (QED) is 0.840. The summed E-state index contributed by atoms with van der Waals surface area (Å²) >= 11 is 1.26. The minimum Gasteiger partial charge on any atom is -0.481 e. The molecule has 8 heteroatoms. The molecule has 0 spiro atoms. The van der Waals surface area contributed by atoms with Gasteiger partial charge in [-0.2, -0.15) is 0 Å². The van der Waals surface area contributed by atoms with Crippen molar-refractivity contribution in [2.24, 2.45) is 5.92 Å².